The summed E-state index contributed by atoms with van der Waals surface area (Å²) in [5.74, 6) is 1.40. The fourth-order valence-corrected chi connectivity index (χ4v) is 4.15. The minimum Gasteiger partial charge on any atom is -0.438 e. The minimum atomic E-state index is -3.51. The lowest BCUT2D eigenvalue weighted by Crippen LogP contribution is -2.14. The molecule has 4 rings (SSSR count). The minimum absolute atomic E-state index is 0.0933. The molecule has 0 atom stereocenters. The van der Waals surface area contributed by atoms with Crippen LogP contribution in [-0.2, 0) is 15.8 Å². The van der Waals surface area contributed by atoms with Crippen molar-refractivity contribution in [2.45, 2.75) is 19.6 Å². The maximum atomic E-state index is 12.4. The normalized spacial score (nSPS) is 11.3. The second kappa shape index (κ2) is 8.57. The summed E-state index contributed by atoms with van der Waals surface area (Å²) in [5.41, 5.74) is 3.10. The number of anilines is 1. The third kappa shape index (κ3) is 5.07. The zero-order valence-corrected chi connectivity index (χ0v) is 17.9. The number of benzene rings is 2. The molecule has 31 heavy (non-hydrogen) atoms. The zero-order valence-electron chi connectivity index (χ0n) is 17.1. The molecule has 0 unspecified atom stereocenters. The van der Waals surface area contributed by atoms with Gasteiger partial charge in [-0.25, -0.2) is 13.4 Å². The molecule has 0 saturated heterocycles. The summed E-state index contributed by atoms with van der Waals surface area (Å²) >= 11 is 0. The molecule has 0 aliphatic rings. The average molecular weight is 436 g/mol. The van der Waals surface area contributed by atoms with E-state index in [1.807, 2.05) is 36.6 Å². The Labute approximate surface area is 180 Å². The molecule has 0 radical (unpaired) electrons. The maximum Gasteiger partial charge on any atom is 0.238 e. The maximum absolute atomic E-state index is 12.4. The molecule has 0 bridgehead atoms. The zero-order chi connectivity index (χ0) is 21.8. The molecular formula is C22H21N5O3S. The molecule has 0 spiro atoms. The highest BCUT2D eigenvalue weighted by Gasteiger charge is 2.12. The monoisotopic (exact) mass is 435 g/mol. The predicted octanol–water partition coefficient (Wildman–Crippen LogP) is 4.01. The first kappa shape index (κ1) is 20.5. The molecule has 0 saturated carbocycles. The lowest BCUT2D eigenvalue weighted by atomic mass is 10.2. The standard InChI is InChI=1S/C22H21N5O3S/c1-16-17(2)27(15-23-16)21-12-13-22(25-24-21)30-20-10-8-19(9-11-20)26-31(28,29)14-18-6-4-3-5-7-18/h3-13,15,26H,14H2,1-2H3. The Morgan fingerprint density at radius 2 is 1.68 bits per heavy atom. The predicted molar refractivity (Wildman–Crippen MR) is 118 cm³/mol. The topological polar surface area (TPSA) is 99.0 Å². The summed E-state index contributed by atoms with van der Waals surface area (Å²) in [7, 11) is -3.51. The van der Waals surface area contributed by atoms with Crippen LogP contribution < -0.4 is 9.46 Å². The number of nitrogens with one attached hydrogen (secondary N) is 1. The molecule has 2 aromatic carbocycles. The lowest BCUT2D eigenvalue weighted by molar-refractivity contribution is 0.454. The van der Waals surface area contributed by atoms with Crippen LogP contribution in [0.15, 0.2) is 73.1 Å². The number of rotatable bonds is 7. The van der Waals surface area contributed by atoms with Gasteiger partial charge in [-0.2, -0.15) is 0 Å². The van der Waals surface area contributed by atoms with E-state index in [-0.39, 0.29) is 5.75 Å². The van der Waals surface area contributed by atoms with Crippen LogP contribution in [0.2, 0.25) is 0 Å². The lowest BCUT2D eigenvalue weighted by Gasteiger charge is -2.10. The van der Waals surface area contributed by atoms with E-state index in [4.69, 9.17) is 4.74 Å². The van der Waals surface area contributed by atoms with E-state index >= 15 is 0 Å². The summed E-state index contributed by atoms with van der Waals surface area (Å²) in [4.78, 5) is 4.25. The van der Waals surface area contributed by atoms with Gasteiger partial charge in [0.15, 0.2) is 5.82 Å². The highest BCUT2D eigenvalue weighted by molar-refractivity contribution is 7.91. The van der Waals surface area contributed by atoms with Crippen LogP contribution in [0, 0.1) is 13.8 Å². The summed E-state index contributed by atoms with van der Waals surface area (Å²) in [5, 5.41) is 8.28. The first-order valence-electron chi connectivity index (χ1n) is 9.57. The van der Waals surface area contributed by atoms with Crippen LogP contribution in [0.25, 0.3) is 5.82 Å². The molecular weight excluding hydrogens is 414 g/mol. The van der Waals surface area contributed by atoms with Crippen molar-refractivity contribution in [1.29, 1.82) is 0 Å². The van der Waals surface area contributed by atoms with Gasteiger partial charge in [-0.3, -0.25) is 9.29 Å². The number of aromatic nitrogens is 4. The van der Waals surface area contributed by atoms with E-state index in [0.29, 0.717) is 23.1 Å². The van der Waals surface area contributed by atoms with E-state index in [2.05, 4.69) is 19.9 Å². The Balaban J connectivity index is 1.40. The molecule has 4 aromatic rings. The number of sulfonamides is 1. The van der Waals surface area contributed by atoms with Crippen LogP contribution in [0.5, 0.6) is 11.6 Å². The van der Waals surface area contributed by atoms with Gasteiger partial charge in [-0.05, 0) is 49.7 Å². The first-order chi connectivity index (χ1) is 14.9. The number of nitrogens with zero attached hydrogens (tertiary/aromatic N) is 4. The molecule has 0 aliphatic carbocycles. The molecule has 8 nitrogen and oxygen atoms in total. The molecule has 2 aromatic heterocycles. The van der Waals surface area contributed by atoms with Gasteiger partial charge in [0.1, 0.15) is 12.1 Å². The summed E-state index contributed by atoms with van der Waals surface area (Å²) < 4.78 is 34.8. The van der Waals surface area contributed by atoms with Crippen molar-refractivity contribution in [1.82, 2.24) is 19.7 Å². The highest BCUT2D eigenvalue weighted by Crippen LogP contribution is 2.23. The third-order valence-corrected chi connectivity index (χ3v) is 5.93. The summed E-state index contributed by atoms with van der Waals surface area (Å²) in [6.07, 6.45) is 1.70. The molecule has 1 N–H and O–H groups in total. The van der Waals surface area contributed by atoms with E-state index in [9.17, 15) is 8.42 Å². The number of ether oxygens (including phenoxy) is 1. The quantitative estimate of drug-likeness (QED) is 0.471. The van der Waals surface area contributed by atoms with Crippen LogP contribution in [0.4, 0.5) is 5.69 Å². The van der Waals surface area contributed by atoms with Crippen molar-refractivity contribution in [3.63, 3.8) is 0 Å². The number of imidazole rings is 1. The highest BCUT2D eigenvalue weighted by atomic mass is 32.2. The molecule has 0 fully saturated rings. The first-order valence-corrected chi connectivity index (χ1v) is 11.2. The Morgan fingerprint density at radius 3 is 2.29 bits per heavy atom. The van der Waals surface area contributed by atoms with E-state index in [1.165, 1.54) is 0 Å². The van der Waals surface area contributed by atoms with Crippen LogP contribution >= 0.6 is 0 Å². The number of aryl methyl sites for hydroxylation is 1. The molecule has 158 valence electrons. The van der Waals surface area contributed by atoms with Gasteiger partial charge in [0, 0.05) is 17.4 Å². The largest absolute Gasteiger partial charge is 0.438 e. The van der Waals surface area contributed by atoms with Crippen molar-refractivity contribution in [3.8, 4) is 17.4 Å². The molecule has 0 amide bonds. The van der Waals surface area contributed by atoms with Crippen molar-refractivity contribution >= 4 is 15.7 Å². The van der Waals surface area contributed by atoms with Gasteiger partial charge in [-0.1, -0.05) is 30.3 Å². The second-order valence-electron chi connectivity index (χ2n) is 6.99. The Kier molecular flexibility index (Phi) is 5.68. The van der Waals surface area contributed by atoms with Gasteiger partial charge in [0.25, 0.3) is 0 Å². The SMILES string of the molecule is Cc1ncn(-c2ccc(Oc3ccc(NS(=O)(=O)Cc4ccccc4)cc3)nn2)c1C. The van der Waals surface area contributed by atoms with Crippen molar-refractivity contribution < 1.29 is 13.2 Å². The number of hydrogen-bond acceptors (Lipinski definition) is 6. The second-order valence-corrected chi connectivity index (χ2v) is 8.71. The molecule has 0 aliphatic heterocycles. The average Bonchev–Trinajstić information content (AvgIpc) is 3.09. The van der Waals surface area contributed by atoms with Gasteiger partial charge in [0.2, 0.25) is 15.9 Å². The third-order valence-electron chi connectivity index (χ3n) is 4.67. The fourth-order valence-electron chi connectivity index (χ4n) is 2.95. The van der Waals surface area contributed by atoms with E-state index in [1.54, 1.807) is 54.9 Å². The van der Waals surface area contributed by atoms with Crippen molar-refractivity contribution in [2.75, 3.05) is 4.72 Å². The Bertz CT molecular complexity index is 1270. The number of hydrogen-bond donors (Lipinski definition) is 1. The van der Waals surface area contributed by atoms with Gasteiger partial charge >= 0.3 is 0 Å². The van der Waals surface area contributed by atoms with E-state index in [0.717, 1.165) is 17.0 Å². The smallest absolute Gasteiger partial charge is 0.238 e. The fraction of sp³-hybridized carbons (Fsp3) is 0.136. The van der Waals surface area contributed by atoms with Gasteiger partial charge in [0.05, 0.1) is 11.4 Å². The summed E-state index contributed by atoms with van der Waals surface area (Å²) in [6, 6.07) is 19.1. The summed E-state index contributed by atoms with van der Waals surface area (Å²) in [6.45, 7) is 3.90. The van der Waals surface area contributed by atoms with Crippen molar-refractivity contribution in [2.24, 2.45) is 0 Å². The van der Waals surface area contributed by atoms with Crippen LogP contribution in [0.3, 0.4) is 0 Å². The van der Waals surface area contributed by atoms with Gasteiger partial charge in [-0.15, -0.1) is 10.2 Å². The van der Waals surface area contributed by atoms with Crippen LogP contribution in [0.1, 0.15) is 17.0 Å². The Hall–Kier alpha value is -3.72. The molecule has 2 heterocycles. The van der Waals surface area contributed by atoms with E-state index < -0.39 is 10.0 Å². The van der Waals surface area contributed by atoms with Crippen molar-refractivity contribution in [3.05, 3.63) is 90.0 Å². The Morgan fingerprint density at radius 1 is 0.935 bits per heavy atom. The van der Waals surface area contributed by atoms with Crippen LogP contribution in [-0.4, -0.2) is 28.2 Å². The molecule has 9 heteroatoms. The van der Waals surface area contributed by atoms with Gasteiger partial charge < -0.3 is 4.74 Å².